The standard InChI is InChI=1S/C27H26N2/c1-17(2)19-13-9-14-20(18(3)4)26(19)25-16-28-27-23-12-6-5-10-21(23)22-11-7-8-15-24(22)29(25)27/h5-18H,1-4H3/i1D3,2D3,3D3,4D3,17D,18D. The van der Waals surface area contributed by atoms with Crippen molar-refractivity contribution >= 4 is 27.3 Å². The summed E-state index contributed by atoms with van der Waals surface area (Å²) >= 11 is 0. The van der Waals surface area contributed by atoms with E-state index in [1.54, 1.807) is 34.7 Å². The lowest BCUT2D eigenvalue weighted by Gasteiger charge is -2.20. The third-order valence-electron chi connectivity index (χ3n) is 5.22. The second-order valence-electron chi connectivity index (χ2n) is 6.84. The average Bonchev–Trinajstić information content (AvgIpc) is 3.34. The van der Waals surface area contributed by atoms with E-state index < -0.39 is 55.9 Å². The molecule has 0 bridgehead atoms. The minimum atomic E-state index is -3.49. The van der Waals surface area contributed by atoms with E-state index >= 15 is 0 Å². The Bertz CT molecular complexity index is 1770. The molecule has 0 N–H and O–H groups in total. The van der Waals surface area contributed by atoms with Crippen molar-refractivity contribution in [1.82, 2.24) is 9.38 Å². The summed E-state index contributed by atoms with van der Waals surface area (Å²) in [4.78, 5) is 4.55. The molecule has 2 heterocycles. The number of imidazole rings is 1. The van der Waals surface area contributed by atoms with Gasteiger partial charge in [-0.1, -0.05) is 88.1 Å². The Hall–Kier alpha value is -3.13. The van der Waals surface area contributed by atoms with Crippen LogP contribution in [-0.2, 0) is 0 Å². The lowest BCUT2D eigenvalue weighted by Crippen LogP contribution is -2.02. The highest BCUT2D eigenvalue weighted by atomic mass is 15.0. The zero-order valence-electron chi connectivity index (χ0n) is 29.3. The van der Waals surface area contributed by atoms with E-state index in [-0.39, 0.29) is 5.69 Å². The first-order valence-electron chi connectivity index (χ1n) is 16.1. The highest BCUT2D eigenvalue weighted by molar-refractivity contribution is 6.12. The quantitative estimate of drug-likeness (QED) is 0.290. The number of rotatable bonds is 3. The Labute approximate surface area is 191 Å². The van der Waals surface area contributed by atoms with Crippen molar-refractivity contribution in [1.29, 1.82) is 0 Å². The molecular weight excluding hydrogens is 352 g/mol. The number of nitrogens with zero attached hydrogens (tertiary/aromatic N) is 2. The molecule has 0 aliphatic heterocycles. The minimum absolute atomic E-state index is 0.0576. The first-order valence-corrected chi connectivity index (χ1v) is 9.09. The zero-order chi connectivity index (χ0) is 32.0. The van der Waals surface area contributed by atoms with Gasteiger partial charge in [0.25, 0.3) is 0 Å². The van der Waals surface area contributed by atoms with Crippen LogP contribution in [0.3, 0.4) is 0 Å². The lowest BCUT2D eigenvalue weighted by molar-refractivity contribution is 0.836. The normalized spacial score (nSPS) is 21.7. The summed E-state index contributed by atoms with van der Waals surface area (Å²) in [6.07, 6.45) is 1.26. The predicted octanol–water partition coefficient (Wildman–Crippen LogP) is 7.55. The molecule has 0 fully saturated rings. The SMILES string of the molecule is [2H]C([2H])([2H])C([2H])(c1cccc(C([2H])(C([2H])([2H])[2H])C([2H])([2H])[2H])c1-c1cnc2c3ccccc3c3ccccc3n12)C([2H])([2H])[2H]. The Morgan fingerprint density at radius 2 is 1.38 bits per heavy atom. The van der Waals surface area contributed by atoms with Crippen LogP contribution >= 0.6 is 0 Å². The zero-order valence-corrected chi connectivity index (χ0v) is 15.3. The molecule has 0 aliphatic carbocycles. The summed E-state index contributed by atoms with van der Waals surface area (Å²) in [5.74, 6) is -6.71. The van der Waals surface area contributed by atoms with Crippen molar-refractivity contribution in [3.05, 3.63) is 84.1 Å². The number of fused-ring (bicyclic) bond motifs is 6. The third-order valence-corrected chi connectivity index (χ3v) is 5.22. The molecule has 0 aliphatic rings. The Kier molecular flexibility index (Phi) is 1.93. The second kappa shape index (κ2) is 6.73. The fourth-order valence-corrected chi connectivity index (χ4v) is 4.02. The van der Waals surface area contributed by atoms with E-state index in [4.69, 9.17) is 19.2 Å². The Morgan fingerprint density at radius 3 is 2.07 bits per heavy atom. The molecule has 5 aromatic rings. The van der Waals surface area contributed by atoms with Crippen LogP contribution in [0.1, 0.15) is 69.5 Å². The van der Waals surface area contributed by atoms with Gasteiger partial charge in [0.2, 0.25) is 0 Å². The molecule has 0 spiro atoms. The molecule has 2 heteroatoms. The van der Waals surface area contributed by atoms with Gasteiger partial charge in [0.1, 0.15) is 5.65 Å². The highest BCUT2D eigenvalue weighted by Crippen LogP contribution is 2.39. The predicted molar refractivity (Wildman–Crippen MR) is 124 cm³/mol. The van der Waals surface area contributed by atoms with Gasteiger partial charge in [0, 0.05) is 35.5 Å². The molecule has 29 heavy (non-hydrogen) atoms. The lowest BCUT2D eigenvalue weighted by atomic mass is 9.87. The summed E-state index contributed by atoms with van der Waals surface area (Å²) in [6.45, 7) is -14.0. The molecule has 0 saturated carbocycles. The van der Waals surface area contributed by atoms with E-state index in [1.165, 1.54) is 6.20 Å². The number of para-hydroxylation sites is 1. The van der Waals surface area contributed by atoms with E-state index in [0.29, 0.717) is 16.6 Å². The van der Waals surface area contributed by atoms with Gasteiger partial charge in [0.15, 0.2) is 0 Å². The van der Waals surface area contributed by atoms with Crippen molar-refractivity contribution < 1.29 is 19.2 Å². The van der Waals surface area contributed by atoms with Gasteiger partial charge in [-0.3, -0.25) is 4.40 Å². The van der Waals surface area contributed by atoms with Crippen LogP contribution in [0.4, 0.5) is 0 Å². The van der Waals surface area contributed by atoms with E-state index in [0.717, 1.165) is 29.0 Å². The smallest absolute Gasteiger partial charge is 0.145 e. The number of hydrogen-bond acceptors (Lipinski definition) is 1. The molecule has 5 rings (SSSR count). The molecule has 3 aromatic carbocycles. The van der Waals surface area contributed by atoms with Gasteiger partial charge in [0.05, 0.1) is 17.4 Å². The van der Waals surface area contributed by atoms with Crippen LogP contribution < -0.4 is 0 Å². The van der Waals surface area contributed by atoms with Gasteiger partial charge >= 0.3 is 0 Å². The summed E-state index contributed by atoms with van der Waals surface area (Å²) in [7, 11) is 0. The van der Waals surface area contributed by atoms with Gasteiger partial charge < -0.3 is 0 Å². The van der Waals surface area contributed by atoms with Crippen LogP contribution in [0.15, 0.2) is 72.9 Å². The molecule has 2 nitrogen and oxygen atoms in total. The summed E-state index contributed by atoms with van der Waals surface area (Å²) in [5.41, 5.74) is -1.02. The molecule has 0 radical (unpaired) electrons. The fourth-order valence-electron chi connectivity index (χ4n) is 4.02. The van der Waals surface area contributed by atoms with Crippen molar-refractivity contribution in [2.24, 2.45) is 0 Å². The maximum Gasteiger partial charge on any atom is 0.145 e. The Morgan fingerprint density at radius 1 is 0.759 bits per heavy atom. The fraction of sp³-hybridized carbons (Fsp3) is 0.222. The first-order chi connectivity index (χ1) is 19.7. The highest BCUT2D eigenvalue weighted by Gasteiger charge is 2.20. The average molecular weight is 393 g/mol. The summed E-state index contributed by atoms with van der Waals surface area (Å²) in [6, 6.07) is 17.6. The summed E-state index contributed by atoms with van der Waals surface area (Å²) in [5, 5.41) is 2.19. The van der Waals surface area contributed by atoms with Crippen LogP contribution in [-0.4, -0.2) is 9.38 Å². The molecule has 2 aromatic heterocycles. The van der Waals surface area contributed by atoms with Crippen LogP contribution in [0.5, 0.6) is 0 Å². The molecule has 0 atom stereocenters. The molecular formula is C27H26N2. The topological polar surface area (TPSA) is 17.3 Å². The number of aromatic nitrogens is 2. The molecule has 0 saturated heterocycles. The van der Waals surface area contributed by atoms with E-state index in [2.05, 4.69) is 4.98 Å². The van der Waals surface area contributed by atoms with Crippen molar-refractivity contribution in [3.63, 3.8) is 0 Å². The summed E-state index contributed by atoms with van der Waals surface area (Å²) < 4.78 is 118. The Balaban J connectivity index is 2.09. The van der Waals surface area contributed by atoms with Crippen molar-refractivity contribution in [3.8, 4) is 11.3 Å². The van der Waals surface area contributed by atoms with Crippen LogP contribution in [0.25, 0.3) is 38.6 Å². The number of benzene rings is 3. The van der Waals surface area contributed by atoms with Crippen LogP contribution in [0.2, 0.25) is 0 Å². The van der Waals surface area contributed by atoms with Gasteiger partial charge in [-0.15, -0.1) is 0 Å². The van der Waals surface area contributed by atoms with Gasteiger partial charge in [-0.2, -0.15) is 0 Å². The second-order valence-corrected chi connectivity index (χ2v) is 6.84. The van der Waals surface area contributed by atoms with E-state index in [9.17, 15) is 0 Å². The maximum absolute atomic E-state index is 9.03. The van der Waals surface area contributed by atoms with Gasteiger partial charge in [-0.05, 0) is 34.4 Å². The third kappa shape index (κ3) is 2.66. The first kappa shape index (κ1) is 8.31. The number of hydrogen-bond donors (Lipinski definition) is 0. The van der Waals surface area contributed by atoms with Gasteiger partial charge in [-0.25, -0.2) is 4.98 Å². The molecule has 0 amide bonds. The molecule has 0 unspecified atom stereocenters. The largest absolute Gasteiger partial charge is 0.292 e. The molecule has 144 valence electrons. The number of pyridine rings is 1. The van der Waals surface area contributed by atoms with E-state index in [1.807, 2.05) is 18.2 Å². The van der Waals surface area contributed by atoms with Crippen LogP contribution in [0, 0.1) is 0 Å². The van der Waals surface area contributed by atoms with Crippen molar-refractivity contribution in [2.45, 2.75) is 39.2 Å². The van der Waals surface area contributed by atoms with Crippen molar-refractivity contribution in [2.75, 3.05) is 0 Å². The maximum atomic E-state index is 9.03. The monoisotopic (exact) mass is 392 g/mol. The minimum Gasteiger partial charge on any atom is -0.292 e.